The molecule has 0 fully saturated rings. The maximum absolute atomic E-state index is 5.84. The van der Waals surface area contributed by atoms with Crippen LogP contribution in [-0.2, 0) is 16.1 Å². The lowest BCUT2D eigenvalue weighted by molar-refractivity contribution is 0.0155. The predicted octanol–water partition coefficient (Wildman–Crippen LogP) is 1.57. The molecule has 0 aliphatic carbocycles. The van der Waals surface area contributed by atoms with Crippen LogP contribution in [0.15, 0.2) is 30.3 Å². The Balaban J connectivity index is 2.31. The largest absolute Gasteiger partial charge is 0.383 e. The molecule has 0 amide bonds. The van der Waals surface area contributed by atoms with E-state index in [9.17, 15) is 0 Å². The number of ether oxygens (including phenoxy) is 2. The van der Waals surface area contributed by atoms with Crippen molar-refractivity contribution in [3.8, 4) is 0 Å². The van der Waals surface area contributed by atoms with E-state index in [2.05, 4.69) is 0 Å². The van der Waals surface area contributed by atoms with Crippen LogP contribution in [0.25, 0.3) is 0 Å². The van der Waals surface area contributed by atoms with Crippen LogP contribution in [0.2, 0.25) is 0 Å². The van der Waals surface area contributed by atoms with E-state index in [4.69, 9.17) is 15.2 Å². The van der Waals surface area contributed by atoms with Gasteiger partial charge in [-0.05, 0) is 12.5 Å². The lowest BCUT2D eigenvalue weighted by atomic mass is 10.2. The molecule has 84 valence electrons. The van der Waals surface area contributed by atoms with Gasteiger partial charge in [0.2, 0.25) is 0 Å². The summed E-state index contributed by atoms with van der Waals surface area (Å²) in [5.41, 5.74) is 7.00. The molecule has 0 heterocycles. The van der Waals surface area contributed by atoms with Gasteiger partial charge in [0.25, 0.3) is 0 Å². The summed E-state index contributed by atoms with van der Waals surface area (Å²) in [6.07, 6.45) is 0.00477. The van der Waals surface area contributed by atoms with Crippen molar-refractivity contribution in [1.29, 1.82) is 0 Å². The van der Waals surface area contributed by atoms with E-state index < -0.39 is 0 Å². The first-order chi connectivity index (χ1) is 7.24. The molecule has 3 heteroatoms. The van der Waals surface area contributed by atoms with Gasteiger partial charge in [0.05, 0.1) is 25.4 Å². The lowest BCUT2D eigenvalue weighted by Crippen LogP contribution is -2.38. The molecule has 0 saturated carbocycles. The summed E-state index contributed by atoms with van der Waals surface area (Å²) in [6, 6.07) is 9.99. The molecule has 2 N–H and O–H groups in total. The van der Waals surface area contributed by atoms with E-state index in [-0.39, 0.29) is 12.1 Å². The van der Waals surface area contributed by atoms with E-state index in [0.717, 1.165) is 5.56 Å². The maximum Gasteiger partial charge on any atom is 0.0724 e. The molecule has 0 saturated heterocycles. The SMILES string of the molecule is COCC(N)C(C)OCc1ccccc1. The van der Waals surface area contributed by atoms with Crippen LogP contribution in [-0.4, -0.2) is 25.9 Å². The first-order valence-corrected chi connectivity index (χ1v) is 5.14. The van der Waals surface area contributed by atoms with Crippen molar-refractivity contribution in [2.45, 2.75) is 25.7 Å². The molecule has 0 bridgehead atoms. The van der Waals surface area contributed by atoms with Gasteiger partial charge in [0.1, 0.15) is 0 Å². The fraction of sp³-hybridized carbons (Fsp3) is 0.500. The van der Waals surface area contributed by atoms with Crippen LogP contribution in [0.1, 0.15) is 12.5 Å². The lowest BCUT2D eigenvalue weighted by Gasteiger charge is -2.19. The molecule has 1 aromatic carbocycles. The fourth-order valence-corrected chi connectivity index (χ4v) is 1.25. The summed E-state index contributed by atoms with van der Waals surface area (Å²) >= 11 is 0. The Kier molecular flexibility index (Phi) is 5.32. The van der Waals surface area contributed by atoms with Crippen molar-refractivity contribution in [1.82, 2.24) is 0 Å². The second-order valence-electron chi connectivity index (χ2n) is 3.62. The van der Waals surface area contributed by atoms with Crippen LogP contribution >= 0.6 is 0 Å². The molecule has 0 aliphatic rings. The summed E-state index contributed by atoms with van der Waals surface area (Å²) in [4.78, 5) is 0. The predicted molar refractivity (Wildman–Crippen MR) is 60.5 cm³/mol. The van der Waals surface area contributed by atoms with Gasteiger partial charge in [-0.1, -0.05) is 30.3 Å². The van der Waals surface area contributed by atoms with E-state index in [1.54, 1.807) is 7.11 Å². The molecule has 0 aromatic heterocycles. The van der Waals surface area contributed by atoms with Gasteiger partial charge in [0.15, 0.2) is 0 Å². The van der Waals surface area contributed by atoms with E-state index >= 15 is 0 Å². The molecule has 1 aromatic rings. The van der Waals surface area contributed by atoms with Crippen molar-refractivity contribution in [3.05, 3.63) is 35.9 Å². The van der Waals surface area contributed by atoms with E-state index in [0.29, 0.717) is 13.2 Å². The average molecular weight is 209 g/mol. The topological polar surface area (TPSA) is 44.5 Å². The Morgan fingerprint density at radius 1 is 1.27 bits per heavy atom. The van der Waals surface area contributed by atoms with Crippen LogP contribution in [0.4, 0.5) is 0 Å². The highest BCUT2D eigenvalue weighted by molar-refractivity contribution is 5.13. The summed E-state index contributed by atoms with van der Waals surface area (Å²) < 4.78 is 10.6. The smallest absolute Gasteiger partial charge is 0.0724 e. The molecular formula is C12H19NO2. The minimum atomic E-state index is -0.0706. The van der Waals surface area contributed by atoms with Gasteiger partial charge in [-0.25, -0.2) is 0 Å². The molecule has 1 rings (SSSR count). The molecule has 0 spiro atoms. The molecular weight excluding hydrogens is 190 g/mol. The molecule has 15 heavy (non-hydrogen) atoms. The van der Waals surface area contributed by atoms with Gasteiger partial charge in [0, 0.05) is 7.11 Å². The second kappa shape index (κ2) is 6.56. The Hall–Kier alpha value is -0.900. The zero-order chi connectivity index (χ0) is 11.1. The number of hydrogen-bond donors (Lipinski definition) is 1. The van der Waals surface area contributed by atoms with Crippen molar-refractivity contribution in [3.63, 3.8) is 0 Å². The highest BCUT2D eigenvalue weighted by atomic mass is 16.5. The van der Waals surface area contributed by atoms with Crippen molar-refractivity contribution >= 4 is 0 Å². The van der Waals surface area contributed by atoms with Crippen molar-refractivity contribution in [2.75, 3.05) is 13.7 Å². The van der Waals surface area contributed by atoms with E-state index in [1.165, 1.54) is 0 Å². The van der Waals surface area contributed by atoms with Crippen LogP contribution in [0, 0.1) is 0 Å². The number of benzene rings is 1. The minimum Gasteiger partial charge on any atom is -0.383 e. The van der Waals surface area contributed by atoms with Crippen LogP contribution in [0.3, 0.4) is 0 Å². The van der Waals surface area contributed by atoms with Crippen LogP contribution < -0.4 is 5.73 Å². The molecule has 0 radical (unpaired) electrons. The van der Waals surface area contributed by atoms with Gasteiger partial charge in [-0.3, -0.25) is 0 Å². The molecule has 2 atom stereocenters. The average Bonchev–Trinajstić information content (AvgIpc) is 2.27. The Morgan fingerprint density at radius 2 is 1.93 bits per heavy atom. The van der Waals surface area contributed by atoms with Gasteiger partial charge < -0.3 is 15.2 Å². The summed E-state index contributed by atoms with van der Waals surface area (Å²) in [5, 5.41) is 0. The number of rotatable bonds is 6. The zero-order valence-corrected chi connectivity index (χ0v) is 9.35. The summed E-state index contributed by atoms with van der Waals surface area (Å²) in [7, 11) is 1.64. The standard InChI is InChI=1S/C12H19NO2/c1-10(12(13)9-14-2)15-8-11-6-4-3-5-7-11/h3-7,10,12H,8-9,13H2,1-2H3. The minimum absolute atomic E-state index is 0.00477. The second-order valence-corrected chi connectivity index (χ2v) is 3.62. The third-order valence-electron chi connectivity index (χ3n) is 2.32. The Labute approximate surface area is 91.2 Å². The Bertz CT molecular complexity index is 264. The van der Waals surface area contributed by atoms with Gasteiger partial charge in [-0.15, -0.1) is 0 Å². The quantitative estimate of drug-likeness (QED) is 0.773. The normalized spacial score (nSPS) is 14.9. The fourth-order valence-electron chi connectivity index (χ4n) is 1.25. The zero-order valence-electron chi connectivity index (χ0n) is 9.35. The summed E-state index contributed by atoms with van der Waals surface area (Å²) in [5.74, 6) is 0. The van der Waals surface area contributed by atoms with Crippen LogP contribution in [0.5, 0.6) is 0 Å². The Morgan fingerprint density at radius 3 is 2.53 bits per heavy atom. The number of methoxy groups -OCH3 is 1. The number of hydrogen-bond acceptors (Lipinski definition) is 3. The summed E-state index contributed by atoms with van der Waals surface area (Å²) in [6.45, 7) is 3.09. The van der Waals surface area contributed by atoms with Gasteiger partial charge >= 0.3 is 0 Å². The highest BCUT2D eigenvalue weighted by Gasteiger charge is 2.12. The third kappa shape index (κ3) is 4.42. The molecule has 2 unspecified atom stereocenters. The van der Waals surface area contributed by atoms with Gasteiger partial charge in [-0.2, -0.15) is 0 Å². The molecule has 0 aliphatic heterocycles. The maximum atomic E-state index is 5.84. The monoisotopic (exact) mass is 209 g/mol. The highest BCUT2D eigenvalue weighted by Crippen LogP contribution is 2.05. The van der Waals surface area contributed by atoms with Crippen molar-refractivity contribution < 1.29 is 9.47 Å². The first kappa shape index (κ1) is 12.2. The first-order valence-electron chi connectivity index (χ1n) is 5.14. The number of nitrogens with two attached hydrogens (primary N) is 1. The molecule has 3 nitrogen and oxygen atoms in total. The van der Waals surface area contributed by atoms with Crippen molar-refractivity contribution in [2.24, 2.45) is 5.73 Å². The van der Waals surface area contributed by atoms with E-state index in [1.807, 2.05) is 37.3 Å². The third-order valence-corrected chi connectivity index (χ3v) is 2.32.